The Hall–Kier alpha value is -0.0787. The lowest BCUT2D eigenvalue weighted by Crippen LogP contribution is -2.52. The fourth-order valence-electron chi connectivity index (χ4n) is 7.33. The number of carbonyl (C=O) groups is 2. The highest BCUT2D eigenvalue weighted by Crippen LogP contribution is 2.49. The minimum Gasteiger partial charge on any atom is -0.437 e. The van der Waals surface area contributed by atoms with Crippen LogP contribution >= 0.6 is 54.5 Å². The lowest BCUT2D eigenvalue weighted by molar-refractivity contribution is -0.124. The summed E-state index contributed by atoms with van der Waals surface area (Å²) in [5.74, 6) is -0.211. The smallest absolute Gasteiger partial charge is 0.314 e. The summed E-state index contributed by atoms with van der Waals surface area (Å²) < 4.78 is 29.0. The van der Waals surface area contributed by atoms with Crippen molar-refractivity contribution in [2.24, 2.45) is 0 Å². The summed E-state index contributed by atoms with van der Waals surface area (Å²) in [6.07, 6.45) is 2.38. The molecule has 2 aliphatic heterocycles. The molecule has 0 unspecified atom stereocenters. The van der Waals surface area contributed by atoms with Crippen molar-refractivity contribution >= 4 is 128 Å². The van der Waals surface area contributed by atoms with Crippen molar-refractivity contribution in [1.82, 2.24) is 9.80 Å². The van der Waals surface area contributed by atoms with Gasteiger partial charge in [0.15, 0.2) is 33.3 Å². The third-order valence-electron chi connectivity index (χ3n) is 8.16. The van der Waals surface area contributed by atoms with Crippen molar-refractivity contribution in [3.05, 3.63) is 52.7 Å². The van der Waals surface area contributed by atoms with Gasteiger partial charge in [-0.3, -0.25) is 9.59 Å². The molecule has 2 amide bonds. The number of nitrogens with zero attached hydrogens (tertiary/aromatic N) is 2. The zero-order chi connectivity index (χ0) is 39.9. The molecule has 4 heterocycles. The molecular formula is C35H60Br2N2O6S2Si6. The van der Waals surface area contributed by atoms with Gasteiger partial charge in [-0.05, 0) is 179 Å². The number of halogens is 2. The summed E-state index contributed by atoms with van der Waals surface area (Å²) in [6, 6.07) is 9.66. The van der Waals surface area contributed by atoms with Crippen LogP contribution in [0.1, 0.15) is 29.0 Å². The summed E-state index contributed by atoms with van der Waals surface area (Å²) in [6.45, 7) is 32.1. The van der Waals surface area contributed by atoms with Crippen LogP contribution in [0, 0.1) is 0 Å². The second-order valence-electron chi connectivity index (χ2n) is 18.3. The molecule has 2 aromatic rings. The van der Waals surface area contributed by atoms with Crippen molar-refractivity contribution in [3.8, 4) is 0 Å². The number of fused-ring (bicyclic) bond motifs is 1. The van der Waals surface area contributed by atoms with E-state index in [9.17, 15) is 9.59 Å². The molecule has 0 bridgehead atoms. The Kier molecular flexibility index (Phi) is 14.7. The van der Waals surface area contributed by atoms with Crippen LogP contribution in [0.25, 0.3) is 11.4 Å². The molecule has 0 spiro atoms. The van der Waals surface area contributed by atoms with E-state index < -0.39 is 50.4 Å². The van der Waals surface area contributed by atoms with Gasteiger partial charge < -0.3 is 26.3 Å². The van der Waals surface area contributed by atoms with E-state index in [4.69, 9.17) is 16.5 Å². The number of rotatable bonds is 19. The molecule has 18 heteroatoms. The molecule has 8 nitrogen and oxygen atoms in total. The Bertz CT molecular complexity index is 1710. The highest BCUT2D eigenvalue weighted by molar-refractivity contribution is 9.11. The minimum atomic E-state index is -2.52. The topological polar surface area (TPSA) is 77.5 Å². The average Bonchev–Trinajstić information content (AvgIpc) is 3.68. The molecule has 2 aromatic heterocycles. The number of carbonyl (C=O) groups excluding carboxylic acids is 2. The van der Waals surface area contributed by atoms with Gasteiger partial charge in [0.2, 0.25) is 0 Å². The molecule has 0 N–H and O–H groups in total. The van der Waals surface area contributed by atoms with Gasteiger partial charge >= 0.3 is 17.1 Å². The highest BCUT2D eigenvalue weighted by Gasteiger charge is 2.50. The van der Waals surface area contributed by atoms with E-state index in [2.05, 4.69) is 124 Å². The second-order valence-corrected chi connectivity index (χ2v) is 48.9. The van der Waals surface area contributed by atoms with E-state index >= 15 is 0 Å². The summed E-state index contributed by atoms with van der Waals surface area (Å²) in [4.78, 5) is 35.1. The van der Waals surface area contributed by atoms with Gasteiger partial charge in [-0.25, -0.2) is 0 Å². The molecular weight excluding hydrogens is 937 g/mol. The van der Waals surface area contributed by atoms with Crippen LogP contribution in [0.2, 0.25) is 104 Å². The fraction of sp³-hybridized carbons (Fsp3) is 0.600. The van der Waals surface area contributed by atoms with E-state index in [-0.39, 0.29) is 11.8 Å². The van der Waals surface area contributed by atoms with Crippen molar-refractivity contribution in [3.63, 3.8) is 0 Å². The summed E-state index contributed by atoms with van der Waals surface area (Å²) >= 11 is 10.4. The summed E-state index contributed by atoms with van der Waals surface area (Å²) in [5, 5.41) is 0. The highest BCUT2D eigenvalue weighted by atomic mass is 79.9. The van der Waals surface area contributed by atoms with Crippen molar-refractivity contribution < 1.29 is 26.0 Å². The number of hydrogen-bond donors (Lipinski definition) is 0. The quantitative estimate of drug-likeness (QED) is 0.103. The molecule has 2 aliphatic rings. The third kappa shape index (κ3) is 12.7. The number of amides is 2. The van der Waals surface area contributed by atoms with E-state index in [1.54, 1.807) is 22.7 Å². The number of unbranched alkanes of at least 4 members (excludes halogenated alkanes) is 1. The lowest BCUT2D eigenvalue weighted by Gasteiger charge is -2.39. The molecule has 296 valence electrons. The van der Waals surface area contributed by atoms with Crippen LogP contribution in [0.3, 0.4) is 0 Å². The molecule has 0 aromatic carbocycles. The zero-order valence-electron chi connectivity index (χ0n) is 34.2. The fourth-order valence-corrected chi connectivity index (χ4v) is 35.4. The summed E-state index contributed by atoms with van der Waals surface area (Å²) in [7, 11) is -12.4. The molecule has 0 radical (unpaired) electrons. The van der Waals surface area contributed by atoms with E-state index in [1.807, 2.05) is 34.1 Å². The first-order chi connectivity index (χ1) is 24.1. The largest absolute Gasteiger partial charge is 0.437 e. The Morgan fingerprint density at radius 1 is 0.509 bits per heavy atom. The van der Waals surface area contributed by atoms with Gasteiger partial charge in [0, 0.05) is 13.1 Å². The van der Waals surface area contributed by atoms with Crippen LogP contribution in [-0.4, -0.2) is 85.1 Å². The summed E-state index contributed by atoms with van der Waals surface area (Å²) in [5.41, 5.74) is 2.48. The molecule has 0 saturated heterocycles. The van der Waals surface area contributed by atoms with Crippen LogP contribution < -0.4 is 0 Å². The maximum absolute atomic E-state index is 14.8. The molecule has 0 saturated carbocycles. The first kappa shape index (κ1) is 45.6. The third-order valence-corrected chi connectivity index (χ3v) is 30.6. The van der Waals surface area contributed by atoms with Crippen LogP contribution in [0.15, 0.2) is 43.0 Å². The molecule has 0 fully saturated rings. The van der Waals surface area contributed by atoms with Gasteiger partial charge in [0.1, 0.15) is 0 Å². The Morgan fingerprint density at radius 2 is 0.830 bits per heavy atom. The maximum atomic E-state index is 14.8. The Morgan fingerprint density at radius 3 is 1.13 bits per heavy atom. The molecule has 0 atom stereocenters. The van der Waals surface area contributed by atoms with Crippen molar-refractivity contribution in [2.45, 2.75) is 123 Å². The van der Waals surface area contributed by atoms with Gasteiger partial charge in [0.25, 0.3) is 11.8 Å². The second kappa shape index (κ2) is 17.0. The zero-order valence-corrected chi connectivity index (χ0v) is 45.0. The SMILES string of the molecule is C[Si](C)(C)O[Si](C)(CCCCN1C(=O)C2=C(c3ccc(Br)s3)N(CCC[Si](C)(O[Si](C)(C)C)O[Si](C)(C)C)C(=O)C2=C1c1ccc(Br)s1)O[Si](C)(C)C. The first-order valence-corrected chi connectivity index (χ1v) is 40.4. The van der Waals surface area contributed by atoms with E-state index in [0.717, 1.165) is 54.4 Å². The van der Waals surface area contributed by atoms with Crippen LogP contribution in [0.4, 0.5) is 0 Å². The van der Waals surface area contributed by atoms with Crippen LogP contribution in [0.5, 0.6) is 0 Å². The Labute approximate surface area is 350 Å². The molecule has 0 aliphatic carbocycles. The van der Waals surface area contributed by atoms with E-state index in [0.29, 0.717) is 29.9 Å². The number of hydrogen-bond acceptors (Lipinski definition) is 8. The van der Waals surface area contributed by atoms with E-state index in [1.165, 1.54) is 0 Å². The first-order valence-electron chi connectivity index (χ1n) is 18.5. The monoisotopic (exact) mass is 994 g/mol. The number of thiophene rings is 2. The standard InChI is InChI=1S/C35H60Br2N2O6S2Si6/c1-48(2,3)42-52(13,43-49(4,5)6)24-16-15-22-38-32(26-18-20-28(36)46-26)30-31(34(38)40)33(27-19-21-29(37)47-27)39(35(30)41)23-17-25-53(14,44-50(7,8)9)45-51(10,11)12/h18-21H,15-17,22-25H2,1-14H3. The minimum absolute atomic E-state index is 0.102. The molecule has 4 rings (SSSR count). The Balaban J connectivity index is 1.67. The maximum Gasteiger partial charge on any atom is 0.314 e. The van der Waals surface area contributed by atoms with Crippen LogP contribution in [-0.2, 0) is 26.0 Å². The predicted octanol–water partition coefficient (Wildman–Crippen LogP) is 11.9. The average molecular weight is 997 g/mol. The predicted molar refractivity (Wildman–Crippen MR) is 246 cm³/mol. The normalized spacial score (nSPS) is 16.6. The lowest BCUT2D eigenvalue weighted by atomic mass is 10.1. The van der Waals surface area contributed by atoms with Gasteiger partial charge in [-0.2, -0.15) is 0 Å². The van der Waals surface area contributed by atoms with Gasteiger partial charge in [0.05, 0.1) is 39.9 Å². The van der Waals surface area contributed by atoms with Gasteiger partial charge in [-0.15, -0.1) is 22.7 Å². The molecule has 53 heavy (non-hydrogen) atoms. The van der Waals surface area contributed by atoms with Crippen molar-refractivity contribution in [2.75, 3.05) is 13.1 Å². The van der Waals surface area contributed by atoms with Crippen molar-refractivity contribution in [1.29, 1.82) is 0 Å². The van der Waals surface area contributed by atoms with Gasteiger partial charge in [-0.1, -0.05) is 0 Å².